The number of allylic oxidation sites excluding steroid dienone is 1. The Kier molecular flexibility index (Phi) is 6.41. The maximum absolute atomic E-state index is 12.4. The molecule has 0 aromatic heterocycles. The highest BCUT2D eigenvalue weighted by atomic mass is 16.5. The van der Waals surface area contributed by atoms with Crippen molar-refractivity contribution in [2.75, 3.05) is 45.9 Å². The molecule has 1 amide bonds. The fourth-order valence-corrected chi connectivity index (χ4v) is 3.41. The first-order valence-electron chi connectivity index (χ1n) is 9.21. The normalized spacial score (nSPS) is 19.8. The number of morpholine rings is 1. The highest BCUT2D eigenvalue weighted by Crippen LogP contribution is 2.20. The average molecular weight is 358 g/mol. The number of aromatic carboxylic acids is 1. The van der Waals surface area contributed by atoms with E-state index < -0.39 is 5.97 Å². The summed E-state index contributed by atoms with van der Waals surface area (Å²) in [7, 11) is 0. The minimum atomic E-state index is -0.910. The average Bonchev–Trinajstić information content (AvgIpc) is 2.68. The molecule has 26 heavy (non-hydrogen) atoms. The molecule has 0 radical (unpaired) electrons. The van der Waals surface area contributed by atoms with Crippen LogP contribution in [-0.2, 0) is 9.53 Å². The Balaban J connectivity index is 1.46. The number of amides is 1. The van der Waals surface area contributed by atoms with Crippen molar-refractivity contribution in [2.45, 2.75) is 12.8 Å². The van der Waals surface area contributed by atoms with Gasteiger partial charge in [-0.15, -0.1) is 0 Å². The Morgan fingerprint density at radius 2 is 1.88 bits per heavy atom. The number of carboxylic acid groups (broad SMARTS) is 1. The van der Waals surface area contributed by atoms with E-state index >= 15 is 0 Å². The van der Waals surface area contributed by atoms with Gasteiger partial charge in [-0.25, -0.2) is 4.79 Å². The van der Waals surface area contributed by atoms with Crippen molar-refractivity contribution in [3.05, 3.63) is 41.5 Å². The van der Waals surface area contributed by atoms with Crippen molar-refractivity contribution in [1.82, 2.24) is 9.80 Å². The van der Waals surface area contributed by atoms with Crippen molar-refractivity contribution in [3.8, 4) is 0 Å². The first kappa shape index (κ1) is 18.6. The van der Waals surface area contributed by atoms with Crippen LogP contribution in [-0.4, -0.2) is 72.7 Å². The van der Waals surface area contributed by atoms with E-state index in [0.717, 1.165) is 44.6 Å². The van der Waals surface area contributed by atoms with Crippen LogP contribution < -0.4 is 0 Å². The molecule has 1 N–H and O–H groups in total. The molecule has 3 rings (SSSR count). The van der Waals surface area contributed by atoms with E-state index in [1.54, 1.807) is 18.2 Å². The summed E-state index contributed by atoms with van der Waals surface area (Å²) in [6.07, 6.45) is 6.03. The lowest BCUT2D eigenvalue weighted by molar-refractivity contribution is -0.134. The Morgan fingerprint density at radius 3 is 2.58 bits per heavy atom. The molecule has 0 saturated carbocycles. The van der Waals surface area contributed by atoms with Gasteiger partial charge in [-0.1, -0.05) is 24.3 Å². The lowest BCUT2D eigenvalue weighted by atomic mass is 9.95. The zero-order valence-electron chi connectivity index (χ0n) is 15.0. The van der Waals surface area contributed by atoms with Crippen molar-refractivity contribution in [2.24, 2.45) is 5.92 Å². The maximum atomic E-state index is 12.4. The number of benzene rings is 1. The fraction of sp³-hybridized carbons (Fsp3) is 0.500. The molecule has 2 aliphatic rings. The Hall–Kier alpha value is -2.18. The van der Waals surface area contributed by atoms with Gasteiger partial charge in [0, 0.05) is 26.2 Å². The number of ether oxygens (including phenoxy) is 1. The predicted octanol–water partition coefficient (Wildman–Crippen LogP) is 1.97. The zero-order chi connectivity index (χ0) is 18.4. The predicted molar refractivity (Wildman–Crippen MR) is 99.0 cm³/mol. The summed E-state index contributed by atoms with van der Waals surface area (Å²) in [5.41, 5.74) is 1.20. The van der Waals surface area contributed by atoms with Crippen molar-refractivity contribution < 1.29 is 19.4 Å². The van der Waals surface area contributed by atoms with Crippen LogP contribution >= 0.6 is 0 Å². The summed E-state index contributed by atoms with van der Waals surface area (Å²) in [6, 6.07) is 6.94. The van der Waals surface area contributed by atoms with Gasteiger partial charge in [-0.3, -0.25) is 9.69 Å². The molecular formula is C20H26N2O4. The summed E-state index contributed by atoms with van der Waals surface area (Å²) >= 11 is 0. The van der Waals surface area contributed by atoms with Gasteiger partial charge in [-0.2, -0.15) is 0 Å². The molecular weight excluding hydrogens is 332 g/mol. The number of hydrogen-bond donors (Lipinski definition) is 1. The lowest BCUT2D eigenvalue weighted by Gasteiger charge is -2.33. The summed E-state index contributed by atoms with van der Waals surface area (Å²) in [4.78, 5) is 27.6. The first-order chi connectivity index (χ1) is 12.6. The molecule has 1 aromatic carbocycles. The Bertz CT molecular complexity index is 660. The van der Waals surface area contributed by atoms with Crippen LogP contribution in [0.25, 0.3) is 6.08 Å². The molecule has 2 saturated heterocycles. The topological polar surface area (TPSA) is 70.1 Å². The van der Waals surface area contributed by atoms with Crippen LogP contribution in [0.15, 0.2) is 30.3 Å². The van der Waals surface area contributed by atoms with Gasteiger partial charge in [0.05, 0.1) is 25.3 Å². The third-order valence-electron chi connectivity index (χ3n) is 5.05. The molecule has 0 atom stereocenters. The van der Waals surface area contributed by atoms with Crippen molar-refractivity contribution in [3.63, 3.8) is 0 Å². The fourth-order valence-electron chi connectivity index (χ4n) is 3.41. The molecule has 140 valence electrons. The van der Waals surface area contributed by atoms with Gasteiger partial charge in [0.1, 0.15) is 0 Å². The Labute approximate surface area is 154 Å². The monoisotopic (exact) mass is 358 g/mol. The lowest BCUT2D eigenvalue weighted by Crippen LogP contribution is -2.46. The highest BCUT2D eigenvalue weighted by molar-refractivity contribution is 5.88. The summed E-state index contributed by atoms with van der Waals surface area (Å²) < 4.78 is 5.32. The van der Waals surface area contributed by atoms with Gasteiger partial charge in [0.15, 0.2) is 0 Å². The number of hydrogen-bond acceptors (Lipinski definition) is 4. The van der Waals surface area contributed by atoms with E-state index in [2.05, 4.69) is 11.0 Å². The summed E-state index contributed by atoms with van der Waals surface area (Å²) in [5.74, 6) is -0.272. The molecule has 2 aliphatic heterocycles. The molecule has 0 aliphatic carbocycles. The van der Waals surface area contributed by atoms with Crippen LogP contribution in [0.1, 0.15) is 28.8 Å². The first-order valence-corrected chi connectivity index (χ1v) is 9.21. The minimum Gasteiger partial charge on any atom is -0.478 e. The van der Waals surface area contributed by atoms with Crippen LogP contribution in [0, 0.1) is 5.92 Å². The van der Waals surface area contributed by atoms with E-state index in [4.69, 9.17) is 9.84 Å². The van der Waals surface area contributed by atoms with Gasteiger partial charge >= 0.3 is 5.97 Å². The standard InChI is InChI=1S/C20H26N2O4/c23-19(15-21-10-12-26-13-11-21)22-8-6-16(7-9-22)4-5-17-2-1-3-18(14-17)20(24)25/h1-5,14,16H,6-13,15H2,(H,24,25)/b5-4+. The molecule has 0 spiro atoms. The second-order valence-corrected chi connectivity index (χ2v) is 6.90. The van der Waals surface area contributed by atoms with Crippen LogP contribution in [0.2, 0.25) is 0 Å². The van der Waals surface area contributed by atoms with E-state index in [-0.39, 0.29) is 5.91 Å². The second-order valence-electron chi connectivity index (χ2n) is 6.90. The largest absolute Gasteiger partial charge is 0.478 e. The van der Waals surface area contributed by atoms with Crippen molar-refractivity contribution in [1.29, 1.82) is 0 Å². The number of piperidine rings is 1. The molecule has 0 unspecified atom stereocenters. The van der Waals surface area contributed by atoms with Crippen molar-refractivity contribution >= 4 is 18.0 Å². The second kappa shape index (κ2) is 8.96. The molecule has 1 aromatic rings. The van der Waals surface area contributed by atoms with E-state index in [9.17, 15) is 9.59 Å². The van der Waals surface area contributed by atoms with Crippen LogP contribution in [0.3, 0.4) is 0 Å². The van der Waals surface area contributed by atoms with Crippen LogP contribution in [0.4, 0.5) is 0 Å². The zero-order valence-corrected chi connectivity index (χ0v) is 15.0. The molecule has 6 nitrogen and oxygen atoms in total. The third kappa shape index (κ3) is 5.16. The molecule has 0 bridgehead atoms. The van der Waals surface area contributed by atoms with Gasteiger partial charge in [-0.05, 0) is 36.5 Å². The Morgan fingerprint density at radius 1 is 1.15 bits per heavy atom. The third-order valence-corrected chi connectivity index (χ3v) is 5.05. The minimum absolute atomic E-state index is 0.212. The molecule has 2 fully saturated rings. The highest BCUT2D eigenvalue weighted by Gasteiger charge is 2.23. The number of rotatable bonds is 5. The van der Waals surface area contributed by atoms with E-state index in [0.29, 0.717) is 31.2 Å². The smallest absolute Gasteiger partial charge is 0.335 e. The number of likely N-dealkylation sites (tertiary alicyclic amines) is 1. The molecule has 2 heterocycles. The number of carbonyl (C=O) groups is 2. The van der Waals surface area contributed by atoms with Gasteiger partial charge < -0.3 is 14.7 Å². The number of carbonyl (C=O) groups excluding carboxylic acids is 1. The van der Waals surface area contributed by atoms with Crippen LogP contribution in [0.5, 0.6) is 0 Å². The summed E-state index contributed by atoms with van der Waals surface area (Å²) in [6.45, 7) is 5.15. The molecule has 6 heteroatoms. The van der Waals surface area contributed by atoms with E-state index in [1.165, 1.54) is 0 Å². The number of nitrogens with zero attached hydrogens (tertiary/aromatic N) is 2. The van der Waals surface area contributed by atoms with E-state index in [1.807, 2.05) is 17.0 Å². The van der Waals surface area contributed by atoms with Gasteiger partial charge in [0.2, 0.25) is 5.91 Å². The van der Waals surface area contributed by atoms with Gasteiger partial charge in [0.25, 0.3) is 0 Å². The SMILES string of the molecule is O=C(O)c1cccc(/C=C/C2CCN(C(=O)CN3CCOCC3)CC2)c1. The summed E-state index contributed by atoms with van der Waals surface area (Å²) in [5, 5.41) is 9.05. The number of carboxylic acids is 1. The quantitative estimate of drug-likeness (QED) is 0.871. The maximum Gasteiger partial charge on any atom is 0.335 e.